The van der Waals surface area contributed by atoms with E-state index in [9.17, 15) is 13.2 Å². The molecule has 3 heteroatoms. The van der Waals surface area contributed by atoms with Crippen molar-refractivity contribution in [3.63, 3.8) is 0 Å². The van der Waals surface area contributed by atoms with E-state index in [0.29, 0.717) is 5.56 Å². The topological polar surface area (TPSA) is 0 Å². The molecule has 1 aromatic rings. The van der Waals surface area contributed by atoms with Gasteiger partial charge in [0, 0.05) is 12.5 Å². The van der Waals surface area contributed by atoms with E-state index < -0.39 is 17.2 Å². The summed E-state index contributed by atoms with van der Waals surface area (Å²) in [6.45, 7) is 6.20. The molecule has 0 aliphatic carbocycles. The van der Waals surface area contributed by atoms with Crippen LogP contribution in [0.2, 0.25) is 0 Å². The molecule has 84 valence electrons. The number of benzene rings is 1. The molecular formula is C12H15F3. The highest BCUT2D eigenvalue weighted by Crippen LogP contribution is 2.32. The summed E-state index contributed by atoms with van der Waals surface area (Å²) in [7, 11) is 0. The van der Waals surface area contributed by atoms with Crippen LogP contribution in [0.3, 0.4) is 0 Å². The molecule has 0 saturated carbocycles. The van der Waals surface area contributed by atoms with Crippen LogP contribution in [-0.4, -0.2) is 0 Å². The molecule has 0 aliphatic heterocycles. The molecule has 0 nitrogen and oxygen atoms in total. The number of alkyl halides is 2. The summed E-state index contributed by atoms with van der Waals surface area (Å²) in [4.78, 5) is 0. The molecule has 0 atom stereocenters. The van der Waals surface area contributed by atoms with Gasteiger partial charge in [0.1, 0.15) is 5.82 Å². The van der Waals surface area contributed by atoms with Crippen molar-refractivity contribution in [3.05, 3.63) is 35.1 Å². The van der Waals surface area contributed by atoms with E-state index in [-0.39, 0.29) is 5.56 Å². The van der Waals surface area contributed by atoms with E-state index >= 15 is 0 Å². The summed E-state index contributed by atoms with van der Waals surface area (Å²) in [6.07, 6.45) is 0. The first kappa shape index (κ1) is 12.1. The third-order valence-electron chi connectivity index (χ3n) is 2.28. The van der Waals surface area contributed by atoms with E-state index in [4.69, 9.17) is 0 Å². The zero-order valence-electron chi connectivity index (χ0n) is 9.37. The number of hydrogen-bond acceptors (Lipinski definition) is 0. The van der Waals surface area contributed by atoms with E-state index in [1.165, 1.54) is 6.07 Å². The largest absolute Gasteiger partial charge is 0.270 e. The summed E-state index contributed by atoms with van der Waals surface area (Å²) in [5.74, 6) is -3.36. The second kappa shape index (κ2) is 3.54. The minimum absolute atomic E-state index is 0.145. The highest BCUT2D eigenvalue weighted by Gasteiger charge is 2.27. The van der Waals surface area contributed by atoms with Gasteiger partial charge in [0.05, 0.1) is 0 Å². The summed E-state index contributed by atoms with van der Waals surface area (Å²) < 4.78 is 39.5. The third-order valence-corrected chi connectivity index (χ3v) is 2.28. The smallest absolute Gasteiger partial charge is 0.207 e. The van der Waals surface area contributed by atoms with Gasteiger partial charge in [-0.1, -0.05) is 26.8 Å². The lowest BCUT2D eigenvalue weighted by molar-refractivity contribution is 0.0173. The van der Waals surface area contributed by atoms with E-state index in [2.05, 4.69) is 0 Å². The number of rotatable bonds is 1. The Morgan fingerprint density at radius 1 is 1.00 bits per heavy atom. The molecule has 1 aromatic carbocycles. The molecule has 0 aromatic heterocycles. The zero-order chi connectivity index (χ0) is 11.9. The fourth-order valence-electron chi connectivity index (χ4n) is 1.37. The Labute approximate surface area is 88.1 Å². The molecule has 0 amide bonds. The summed E-state index contributed by atoms with van der Waals surface area (Å²) >= 11 is 0. The van der Waals surface area contributed by atoms with Crippen molar-refractivity contribution in [2.24, 2.45) is 0 Å². The van der Waals surface area contributed by atoms with Crippen LogP contribution in [0.5, 0.6) is 0 Å². The molecule has 0 spiro atoms. The molecule has 0 N–H and O–H groups in total. The maximum atomic E-state index is 13.4. The highest BCUT2D eigenvalue weighted by atomic mass is 19.3. The average Bonchev–Trinajstić information content (AvgIpc) is 2.00. The molecule has 0 bridgehead atoms. The van der Waals surface area contributed by atoms with Crippen LogP contribution in [0.15, 0.2) is 18.2 Å². The van der Waals surface area contributed by atoms with E-state index in [1.807, 2.05) is 0 Å². The zero-order valence-corrected chi connectivity index (χ0v) is 9.37. The predicted molar refractivity (Wildman–Crippen MR) is 54.7 cm³/mol. The van der Waals surface area contributed by atoms with Crippen molar-refractivity contribution in [3.8, 4) is 0 Å². The molecule has 0 saturated heterocycles. The lowest BCUT2D eigenvalue weighted by Gasteiger charge is -2.22. The van der Waals surface area contributed by atoms with Gasteiger partial charge in [-0.05, 0) is 23.1 Å². The molecule has 0 aliphatic rings. The number of hydrogen-bond donors (Lipinski definition) is 0. The van der Waals surface area contributed by atoms with Gasteiger partial charge in [-0.3, -0.25) is 0 Å². The normalized spacial score (nSPS) is 13.0. The molecule has 0 fully saturated rings. The van der Waals surface area contributed by atoms with Crippen molar-refractivity contribution < 1.29 is 13.2 Å². The van der Waals surface area contributed by atoms with E-state index in [0.717, 1.165) is 19.1 Å². The van der Waals surface area contributed by atoms with Crippen LogP contribution in [0.25, 0.3) is 0 Å². The molecule has 1 rings (SSSR count). The molecule has 0 radical (unpaired) electrons. The van der Waals surface area contributed by atoms with E-state index in [1.54, 1.807) is 20.8 Å². The standard InChI is InChI=1S/C12H15F3/c1-11(2,3)9-7-8(12(4,14)15)5-6-10(9)13/h5-7H,1-4H3. The first-order valence-electron chi connectivity index (χ1n) is 4.80. The fraction of sp³-hybridized carbons (Fsp3) is 0.500. The Morgan fingerprint density at radius 2 is 1.53 bits per heavy atom. The maximum Gasteiger partial charge on any atom is 0.270 e. The van der Waals surface area contributed by atoms with Crippen molar-refractivity contribution in [1.29, 1.82) is 0 Å². The predicted octanol–water partition coefficient (Wildman–Crippen LogP) is 4.23. The molecule has 15 heavy (non-hydrogen) atoms. The van der Waals surface area contributed by atoms with Crippen molar-refractivity contribution in [1.82, 2.24) is 0 Å². The van der Waals surface area contributed by atoms with Crippen molar-refractivity contribution in [2.45, 2.75) is 39.0 Å². The van der Waals surface area contributed by atoms with Gasteiger partial charge >= 0.3 is 0 Å². The quantitative estimate of drug-likeness (QED) is 0.658. The lowest BCUT2D eigenvalue weighted by atomic mass is 9.85. The SMILES string of the molecule is CC(C)(C)c1cc(C(C)(F)F)ccc1F. The first-order chi connectivity index (χ1) is 6.62. The van der Waals surface area contributed by atoms with Gasteiger partial charge < -0.3 is 0 Å². The summed E-state index contributed by atoms with van der Waals surface area (Å²) in [6, 6.07) is 3.48. The summed E-state index contributed by atoms with van der Waals surface area (Å²) in [5.41, 5.74) is -0.291. The fourth-order valence-corrected chi connectivity index (χ4v) is 1.37. The Morgan fingerprint density at radius 3 is 1.93 bits per heavy atom. The van der Waals surface area contributed by atoms with Gasteiger partial charge in [-0.25, -0.2) is 13.2 Å². The highest BCUT2D eigenvalue weighted by molar-refractivity contribution is 5.32. The monoisotopic (exact) mass is 216 g/mol. The first-order valence-corrected chi connectivity index (χ1v) is 4.80. The molecule has 0 heterocycles. The maximum absolute atomic E-state index is 13.4. The Kier molecular flexibility index (Phi) is 2.85. The van der Waals surface area contributed by atoms with Gasteiger partial charge in [0.15, 0.2) is 0 Å². The Bertz CT molecular complexity index is 356. The van der Waals surface area contributed by atoms with Crippen LogP contribution < -0.4 is 0 Å². The Hall–Kier alpha value is -0.990. The second-order valence-corrected chi connectivity index (χ2v) is 4.83. The van der Waals surface area contributed by atoms with Crippen molar-refractivity contribution >= 4 is 0 Å². The van der Waals surface area contributed by atoms with Gasteiger partial charge in [-0.15, -0.1) is 0 Å². The minimum atomic E-state index is -2.92. The second-order valence-electron chi connectivity index (χ2n) is 4.83. The third kappa shape index (κ3) is 2.74. The summed E-state index contributed by atoms with van der Waals surface area (Å²) in [5, 5.41) is 0. The Balaban J connectivity index is 3.30. The van der Waals surface area contributed by atoms with Crippen LogP contribution in [0.4, 0.5) is 13.2 Å². The van der Waals surface area contributed by atoms with Crippen LogP contribution in [-0.2, 0) is 11.3 Å². The molecular weight excluding hydrogens is 201 g/mol. The van der Waals surface area contributed by atoms with Crippen molar-refractivity contribution in [2.75, 3.05) is 0 Å². The number of halogens is 3. The van der Waals surface area contributed by atoms with Gasteiger partial charge in [0.2, 0.25) is 0 Å². The van der Waals surface area contributed by atoms with Crippen LogP contribution in [0.1, 0.15) is 38.8 Å². The lowest BCUT2D eigenvalue weighted by Crippen LogP contribution is -2.16. The van der Waals surface area contributed by atoms with Gasteiger partial charge in [0.25, 0.3) is 5.92 Å². The minimum Gasteiger partial charge on any atom is -0.207 e. The van der Waals surface area contributed by atoms with Gasteiger partial charge in [-0.2, -0.15) is 0 Å². The van der Waals surface area contributed by atoms with Crippen LogP contribution in [0, 0.1) is 5.82 Å². The van der Waals surface area contributed by atoms with Crippen LogP contribution >= 0.6 is 0 Å². The molecule has 0 unspecified atom stereocenters. The average molecular weight is 216 g/mol.